The molecular weight excluding hydrogens is 234 g/mol. The first-order valence-electron chi connectivity index (χ1n) is 5.73. The molecular formula is C13H15NO4. The molecule has 5 heteroatoms. The van der Waals surface area contributed by atoms with Gasteiger partial charge in [0.15, 0.2) is 0 Å². The second-order valence-electron chi connectivity index (χ2n) is 4.36. The van der Waals surface area contributed by atoms with Gasteiger partial charge in [0, 0.05) is 19.5 Å². The smallest absolute Gasteiger partial charge is 0.310 e. The van der Waals surface area contributed by atoms with Crippen molar-refractivity contribution in [2.24, 2.45) is 5.92 Å². The Morgan fingerprint density at radius 2 is 2.11 bits per heavy atom. The van der Waals surface area contributed by atoms with Crippen molar-refractivity contribution in [1.82, 2.24) is 4.90 Å². The minimum atomic E-state index is -0.361. The van der Waals surface area contributed by atoms with E-state index >= 15 is 0 Å². The summed E-state index contributed by atoms with van der Waals surface area (Å²) in [6.45, 7) is 0.846. The Morgan fingerprint density at radius 1 is 1.44 bits per heavy atom. The van der Waals surface area contributed by atoms with Gasteiger partial charge in [-0.05, 0) is 17.7 Å². The van der Waals surface area contributed by atoms with Gasteiger partial charge in [0.2, 0.25) is 5.91 Å². The van der Waals surface area contributed by atoms with Crippen LogP contribution in [0, 0.1) is 5.92 Å². The zero-order valence-electron chi connectivity index (χ0n) is 10.1. The molecule has 0 aliphatic carbocycles. The first kappa shape index (κ1) is 12.4. The van der Waals surface area contributed by atoms with E-state index in [-0.39, 0.29) is 30.0 Å². The molecule has 1 aliphatic rings. The zero-order chi connectivity index (χ0) is 13.1. The molecule has 0 spiro atoms. The van der Waals surface area contributed by atoms with Crippen LogP contribution in [-0.2, 0) is 20.9 Å². The number of methoxy groups -OCH3 is 1. The number of amides is 1. The van der Waals surface area contributed by atoms with Crippen LogP contribution in [0.4, 0.5) is 0 Å². The van der Waals surface area contributed by atoms with Gasteiger partial charge in [0.25, 0.3) is 0 Å². The molecule has 0 aromatic heterocycles. The van der Waals surface area contributed by atoms with Crippen LogP contribution >= 0.6 is 0 Å². The van der Waals surface area contributed by atoms with E-state index in [9.17, 15) is 14.7 Å². The molecule has 1 aromatic rings. The Kier molecular flexibility index (Phi) is 3.50. The topological polar surface area (TPSA) is 66.8 Å². The number of phenolic OH excluding ortho intramolecular Hbond substituents is 1. The standard InChI is InChI=1S/C13H15NO4/c1-18-13(17)10-6-12(16)14(8-10)7-9-2-4-11(15)5-3-9/h2-5,10,15H,6-8H2,1H3. The monoisotopic (exact) mass is 249 g/mol. The molecule has 2 rings (SSSR count). The van der Waals surface area contributed by atoms with Crippen molar-refractivity contribution in [2.45, 2.75) is 13.0 Å². The number of phenols is 1. The Labute approximate surface area is 105 Å². The number of esters is 1. The maximum absolute atomic E-state index is 11.7. The first-order valence-corrected chi connectivity index (χ1v) is 5.73. The minimum Gasteiger partial charge on any atom is -0.508 e. The van der Waals surface area contributed by atoms with Crippen LogP contribution in [0.25, 0.3) is 0 Å². The minimum absolute atomic E-state index is 0.0431. The van der Waals surface area contributed by atoms with Crippen LogP contribution in [-0.4, -0.2) is 35.5 Å². The van der Waals surface area contributed by atoms with E-state index in [4.69, 9.17) is 0 Å². The van der Waals surface area contributed by atoms with Crippen molar-refractivity contribution in [2.75, 3.05) is 13.7 Å². The molecule has 1 saturated heterocycles. The van der Waals surface area contributed by atoms with E-state index < -0.39 is 0 Å². The van der Waals surface area contributed by atoms with Gasteiger partial charge in [-0.1, -0.05) is 12.1 Å². The van der Waals surface area contributed by atoms with E-state index in [0.717, 1.165) is 5.56 Å². The van der Waals surface area contributed by atoms with Crippen LogP contribution in [0.2, 0.25) is 0 Å². The molecule has 1 heterocycles. The normalized spacial score (nSPS) is 19.1. The van der Waals surface area contributed by atoms with Crippen LogP contribution < -0.4 is 0 Å². The fourth-order valence-corrected chi connectivity index (χ4v) is 2.07. The summed E-state index contributed by atoms with van der Waals surface area (Å²) in [6, 6.07) is 6.67. The van der Waals surface area contributed by atoms with Crippen molar-refractivity contribution in [3.63, 3.8) is 0 Å². The third-order valence-corrected chi connectivity index (χ3v) is 3.06. The summed E-state index contributed by atoms with van der Waals surface area (Å²) in [5.41, 5.74) is 0.923. The molecule has 0 bridgehead atoms. The predicted octanol–water partition coefficient (Wildman–Crippen LogP) is 0.914. The average Bonchev–Trinajstić information content (AvgIpc) is 2.73. The van der Waals surface area contributed by atoms with Crippen molar-refractivity contribution in [1.29, 1.82) is 0 Å². The van der Waals surface area contributed by atoms with Gasteiger partial charge in [-0.15, -0.1) is 0 Å². The van der Waals surface area contributed by atoms with E-state index in [1.54, 1.807) is 29.2 Å². The largest absolute Gasteiger partial charge is 0.508 e. The van der Waals surface area contributed by atoms with E-state index in [1.807, 2.05) is 0 Å². The lowest BCUT2D eigenvalue weighted by atomic mass is 10.1. The maximum atomic E-state index is 11.7. The van der Waals surface area contributed by atoms with E-state index in [2.05, 4.69) is 4.74 Å². The van der Waals surface area contributed by atoms with E-state index in [1.165, 1.54) is 7.11 Å². The molecule has 1 unspecified atom stereocenters. The second kappa shape index (κ2) is 5.08. The summed E-state index contributed by atoms with van der Waals surface area (Å²) in [6.07, 6.45) is 0.213. The third-order valence-electron chi connectivity index (χ3n) is 3.06. The van der Waals surface area contributed by atoms with Gasteiger partial charge in [-0.3, -0.25) is 9.59 Å². The van der Waals surface area contributed by atoms with Gasteiger partial charge in [0.1, 0.15) is 5.75 Å². The summed E-state index contributed by atoms with van der Waals surface area (Å²) in [5.74, 6) is -0.548. The molecule has 1 aliphatic heterocycles. The number of carbonyl (C=O) groups is 2. The van der Waals surface area contributed by atoms with Crippen LogP contribution in [0.3, 0.4) is 0 Å². The first-order chi connectivity index (χ1) is 8.60. The molecule has 0 saturated carbocycles. The highest BCUT2D eigenvalue weighted by Crippen LogP contribution is 2.21. The number of aromatic hydroxyl groups is 1. The highest BCUT2D eigenvalue weighted by molar-refractivity contribution is 5.86. The summed E-state index contributed by atoms with van der Waals surface area (Å²) in [4.78, 5) is 24.7. The number of hydrogen-bond acceptors (Lipinski definition) is 4. The van der Waals surface area contributed by atoms with Crippen molar-refractivity contribution >= 4 is 11.9 Å². The third kappa shape index (κ3) is 2.61. The van der Waals surface area contributed by atoms with Crippen molar-refractivity contribution in [3.05, 3.63) is 29.8 Å². The molecule has 1 amide bonds. The molecule has 0 radical (unpaired) electrons. The summed E-state index contributed by atoms with van der Waals surface area (Å²) < 4.78 is 4.65. The van der Waals surface area contributed by atoms with Crippen molar-refractivity contribution < 1.29 is 19.4 Å². The zero-order valence-corrected chi connectivity index (χ0v) is 10.1. The molecule has 1 aromatic carbocycles. The van der Waals surface area contributed by atoms with Gasteiger partial charge >= 0.3 is 5.97 Å². The Hall–Kier alpha value is -2.04. The number of ether oxygens (including phenoxy) is 1. The molecule has 1 atom stereocenters. The van der Waals surface area contributed by atoms with Gasteiger partial charge in [0.05, 0.1) is 13.0 Å². The number of carbonyl (C=O) groups excluding carboxylic acids is 2. The summed E-state index contributed by atoms with van der Waals surface area (Å²) in [5, 5.41) is 9.17. The van der Waals surface area contributed by atoms with Crippen LogP contribution in [0.1, 0.15) is 12.0 Å². The Balaban J connectivity index is 2.00. The number of nitrogens with zero attached hydrogens (tertiary/aromatic N) is 1. The highest BCUT2D eigenvalue weighted by Gasteiger charge is 2.34. The lowest BCUT2D eigenvalue weighted by molar-refractivity contribution is -0.145. The van der Waals surface area contributed by atoms with Crippen molar-refractivity contribution in [3.8, 4) is 5.75 Å². The average molecular weight is 249 g/mol. The van der Waals surface area contributed by atoms with Gasteiger partial charge in [-0.2, -0.15) is 0 Å². The number of hydrogen-bond donors (Lipinski definition) is 1. The summed E-state index contributed by atoms with van der Waals surface area (Å²) in [7, 11) is 1.33. The SMILES string of the molecule is COC(=O)C1CC(=O)N(Cc2ccc(O)cc2)C1. The Morgan fingerprint density at radius 3 is 2.72 bits per heavy atom. The predicted molar refractivity (Wildman–Crippen MR) is 63.6 cm³/mol. The molecule has 1 fully saturated rings. The van der Waals surface area contributed by atoms with Crippen LogP contribution in [0.15, 0.2) is 24.3 Å². The van der Waals surface area contributed by atoms with Crippen LogP contribution in [0.5, 0.6) is 5.75 Å². The number of benzene rings is 1. The van der Waals surface area contributed by atoms with Gasteiger partial charge in [-0.25, -0.2) is 0 Å². The number of rotatable bonds is 3. The molecule has 18 heavy (non-hydrogen) atoms. The summed E-state index contributed by atoms with van der Waals surface area (Å²) >= 11 is 0. The highest BCUT2D eigenvalue weighted by atomic mass is 16.5. The maximum Gasteiger partial charge on any atom is 0.310 e. The van der Waals surface area contributed by atoms with Gasteiger partial charge < -0.3 is 14.7 Å². The fraction of sp³-hybridized carbons (Fsp3) is 0.385. The second-order valence-corrected chi connectivity index (χ2v) is 4.36. The molecule has 96 valence electrons. The molecule has 5 nitrogen and oxygen atoms in total. The number of likely N-dealkylation sites (tertiary alicyclic amines) is 1. The molecule has 1 N–H and O–H groups in total. The lowest BCUT2D eigenvalue weighted by Gasteiger charge is -2.16. The fourth-order valence-electron chi connectivity index (χ4n) is 2.07. The lowest BCUT2D eigenvalue weighted by Crippen LogP contribution is -2.26. The quantitative estimate of drug-likeness (QED) is 0.809. The Bertz CT molecular complexity index is 455. The van der Waals surface area contributed by atoms with E-state index in [0.29, 0.717) is 13.1 Å².